The van der Waals surface area contributed by atoms with E-state index in [0.29, 0.717) is 18.8 Å². The van der Waals surface area contributed by atoms with Gasteiger partial charge in [0.1, 0.15) is 0 Å². The van der Waals surface area contributed by atoms with Gasteiger partial charge in [0.2, 0.25) is 0 Å². The monoisotopic (exact) mass is 309 g/mol. The summed E-state index contributed by atoms with van der Waals surface area (Å²) in [4.78, 5) is 0. The normalized spacial score (nSPS) is 23.3. The Balaban J connectivity index is 1.97. The lowest BCUT2D eigenvalue weighted by Gasteiger charge is -2.35. The van der Waals surface area contributed by atoms with Crippen molar-refractivity contribution in [2.75, 3.05) is 23.1 Å². The number of rotatable bonds is 2. The number of fused-ring (bicyclic) bond motifs is 1. The van der Waals surface area contributed by atoms with E-state index in [4.69, 9.17) is 5.73 Å². The van der Waals surface area contributed by atoms with E-state index in [0.717, 1.165) is 42.5 Å². The molecule has 0 amide bonds. The minimum Gasteiger partial charge on any atom is -0.398 e. The lowest BCUT2D eigenvalue weighted by atomic mass is 10.1. The summed E-state index contributed by atoms with van der Waals surface area (Å²) in [5.41, 5.74) is 9.48. The highest BCUT2D eigenvalue weighted by molar-refractivity contribution is 7.90. The Hall–Kier alpha value is -1.27. The molecule has 5 nitrogen and oxygen atoms in total. The molecule has 2 heterocycles. The Bertz CT molecular complexity index is 657. The van der Waals surface area contributed by atoms with E-state index in [-0.39, 0.29) is 6.04 Å². The quantitative estimate of drug-likeness (QED) is 0.850. The third kappa shape index (κ3) is 2.40. The van der Waals surface area contributed by atoms with Crippen LogP contribution in [0.4, 0.5) is 11.4 Å². The fourth-order valence-corrected chi connectivity index (χ4v) is 5.24. The van der Waals surface area contributed by atoms with Crippen molar-refractivity contribution in [3.8, 4) is 0 Å². The minimum atomic E-state index is -3.44. The molecule has 2 N–H and O–H groups in total. The van der Waals surface area contributed by atoms with E-state index in [9.17, 15) is 8.42 Å². The molecule has 6 heteroatoms. The SMILES string of the molecule is Cc1cc2c(cc1N)N(S(=O)(=O)N1CCCCC1C)CC2. The number of piperidine rings is 1. The zero-order chi connectivity index (χ0) is 15.2. The second-order valence-corrected chi connectivity index (χ2v) is 7.93. The van der Waals surface area contributed by atoms with Gasteiger partial charge in [0, 0.05) is 24.8 Å². The van der Waals surface area contributed by atoms with E-state index in [1.807, 2.05) is 26.0 Å². The van der Waals surface area contributed by atoms with Gasteiger partial charge in [0.05, 0.1) is 5.69 Å². The number of aryl methyl sites for hydroxylation is 1. The summed E-state index contributed by atoms with van der Waals surface area (Å²) in [6.07, 6.45) is 3.75. The van der Waals surface area contributed by atoms with Crippen LogP contribution in [0, 0.1) is 6.92 Å². The fraction of sp³-hybridized carbons (Fsp3) is 0.600. The molecule has 116 valence electrons. The number of benzene rings is 1. The molecule has 1 unspecified atom stereocenters. The van der Waals surface area contributed by atoms with Gasteiger partial charge in [-0.15, -0.1) is 0 Å². The van der Waals surface area contributed by atoms with Gasteiger partial charge in [0.15, 0.2) is 0 Å². The van der Waals surface area contributed by atoms with Crippen molar-refractivity contribution < 1.29 is 8.42 Å². The third-order valence-corrected chi connectivity index (χ3v) is 6.71. The fourth-order valence-electron chi connectivity index (χ4n) is 3.33. The Morgan fingerprint density at radius 2 is 2.00 bits per heavy atom. The first kappa shape index (κ1) is 14.7. The van der Waals surface area contributed by atoms with Crippen molar-refractivity contribution in [3.05, 3.63) is 23.3 Å². The van der Waals surface area contributed by atoms with Crippen molar-refractivity contribution in [2.45, 2.75) is 45.6 Å². The molecular weight excluding hydrogens is 286 g/mol. The largest absolute Gasteiger partial charge is 0.398 e. The summed E-state index contributed by atoms with van der Waals surface area (Å²) < 4.78 is 29.1. The van der Waals surface area contributed by atoms with Crippen molar-refractivity contribution in [2.24, 2.45) is 0 Å². The van der Waals surface area contributed by atoms with Gasteiger partial charge in [-0.3, -0.25) is 4.31 Å². The Labute approximate surface area is 126 Å². The summed E-state index contributed by atoms with van der Waals surface area (Å²) in [5.74, 6) is 0. The van der Waals surface area contributed by atoms with Crippen LogP contribution in [0.3, 0.4) is 0 Å². The van der Waals surface area contributed by atoms with Crippen LogP contribution in [-0.2, 0) is 16.6 Å². The minimum absolute atomic E-state index is 0.0793. The first-order chi connectivity index (χ1) is 9.91. The van der Waals surface area contributed by atoms with Crippen LogP contribution < -0.4 is 10.0 Å². The Morgan fingerprint density at radius 1 is 1.24 bits per heavy atom. The maximum absolute atomic E-state index is 13.0. The van der Waals surface area contributed by atoms with Crippen molar-refractivity contribution in [1.82, 2.24) is 4.31 Å². The van der Waals surface area contributed by atoms with Crippen LogP contribution in [0.5, 0.6) is 0 Å². The lowest BCUT2D eigenvalue weighted by Crippen LogP contribution is -2.49. The van der Waals surface area contributed by atoms with Crippen molar-refractivity contribution in [1.29, 1.82) is 0 Å². The number of nitrogens with two attached hydrogens (primary N) is 1. The van der Waals surface area contributed by atoms with Gasteiger partial charge in [0.25, 0.3) is 0 Å². The van der Waals surface area contributed by atoms with Gasteiger partial charge < -0.3 is 5.73 Å². The highest BCUT2D eigenvalue weighted by atomic mass is 32.2. The first-order valence-electron chi connectivity index (χ1n) is 7.60. The predicted molar refractivity (Wildman–Crippen MR) is 85.6 cm³/mol. The van der Waals surface area contributed by atoms with E-state index in [2.05, 4.69) is 0 Å². The Morgan fingerprint density at radius 3 is 2.71 bits per heavy atom. The van der Waals surface area contributed by atoms with Gasteiger partial charge in [-0.2, -0.15) is 12.7 Å². The molecule has 2 aliphatic heterocycles. The number of nitrogens with zero attached hydrogens (tertiary/aromatic N) is 2. The van der Waals surface area contributed by atoms with E-state index < -0.39 is 10.2 Å². The number of hydrogen-bond donors (Lipinski definition) is 1. The zero-order valence-corrected chi connectivity index (χ0v) is 13.5. The molecule has 1 saturated heterocycles. The van der Waals surface area contributed by atoms with Crippen molar-refractivity contribution >= 4 is 21.6 Å². The highest BCUT2D eigenvalue weighted by Gasteiger charge is 2.37. The zero-order valence-electron chi connectivity index (χ0n) is 12.7. The van der Waals surface area contributed by atoms with Crippen LogP contribution in [0.15, 0.2) is 12.1 Å². The molecule has 0 bridgehead atoms. The predicted octanol–water partition coefficient (Wildman–Crippen LogP) is 2.06. The molecule has 0 radical (unpaired) electrons. The standard InChI is InChI=1S/C15H23N3O2S/c1-11-9-13-6-8-18(15(13)10-14(11)16)21(19,20)17-7-4-3-5-12(17)2/h9-10,12H,3-8,16H2,1-2H3. The number of nitrogen functional groups attached to an aromatic ring is 1. The second-order valence-electron chi connectivity index (χ2n) is 6.12. The summed E-state index contributed by atoms with van der Waals surface area (Å²) in [5, 5.41) is 0. The summed E-state index contributed by atoms with van der Waals surface area (Å²) in [6, 6.07) is 3.90. The van der Waals surface area contributed by atoms with Crippen LogP contribution >= 0.6 is 0 Å². The maximum atomic E-state index is 13.0. The molecule has 0 aliphatic carbocycles. The van der Waals surface area contributed by atoms with E-state index >= 15 is 0 Å². The molecule has 1 atom stereocenters. The summed E-state index contributed by atoms with van der Waals surface area (Å²) in [6.45, 7) is 5.09. The molecule has 0 aromatic heterocycles. The van der Waals surface area contributed by atoms with Crippen LogP contribution in [-0.4, -0.2) is 31.9 Å². The van der Waals surface area contributed by atoms with Crippen molar-refractivity contribution in [3.63, 3.8) is 0 Å². The number of anilines is 2. The van der Waals surface area contributed by atoms with Crippen LogP contribution in [0.25, 0.3) is 0 Å². The van der Waals surface area contributed by atoms with Gasteiger partial charge >= 0.3 is 10.2 Å². The average Bonchev–Trinajstić information content (AvgIpc) is 2.83. The molecular formula is C15H23N3O2S. The number of hydrogen-bond acceptors (Lipinski definition) is 3. The molecule has 1 aromatic carbocycles. The maximum Gasteiger partial charge on any atom is 0.304 e. The molecule has 1 aromatic rings. The molecule has 21 heavy (non-hydrogen) atoms. The molecule has 0 spiro atoms. The lowest BCUT2D eigenvalue weighted by molar-refractivity contribution is 0.268. The van der Waals surface area contributed by atoms with Gasteiger partial charge in [-0.05, 0) is 50.3 Å². The highest BCUT2D eigenvalue weighted by Crippen LogP contribution is 2.36. The first-order valence-corrected chi connectivity index (χ1v) is 8.99. The molecule has 0 saturated carbocycles. The second kappa shape index (κ2) is 5.18. The van der Waals surface area contributed by atoms with Gasteiger partial charge in [-0.1, -0.05) is 12.5 Å². The molecule has 2 aliphatic rings. The summed E-state index contributed by atoms with van der Waals surface area (Å²) in [7, 11) is -3.44. The topological polar surface area (TPSA) is 66.6 Å². The summed E-state index contributed by atoms with van der Waals surface area (Å²) >= 11 is 0. The molecule has 1 fully saturated rings. The van der Waals surface area contributed by atoms with E-state index in [1.54, 1.807) is 8.61 Å². The average molecular weight is 309 g/mol. The van der Waals surface area contributed by atoms with E-state index in [1.165, 1.54) is 0 Å². The third-order valence-electron chi connectivity index (χ3n) is 4.64. The Kier molecular flexibility index (Phi) is 3.61. The van der Waals surface area contributed by atoms with Crippen LogP contribution in [0.1, 0.15) is 37.3 Å². The molecule has 3 rings (SSSR count). The smallest absolute Gasteiger partial charge is 0.304 e. The van der Waals surface area contributed by atoms with Crippen LogP contribution in [0.2, 0.25) is 0 Å². The van der Waals surface area contributed by atoms with Gasteiger partial charge in [-0.25, -0.2) is 0 Å².